The van der Waals surface area contributed by atoms with Gasteiger partial charge in [-0.1, -0.05) is 64.7 Å². The van der Waals surface area contributed by atoms with Crippen LogP contribution in [-0.2, 0) is 14.2 Å². The largest absolute Gasteiger partial charge is 0.508 e. The lowest BCUT2D eigenvalue weighted by molar-refractivity contribution is 0.0128. The van der Waals surface area contributed by atoms with E-state index in [4.69, 9.17) is 14.2 Å². The van der Waals surface area contributed by atoms with Crippen LogP contribution >= 0.6 is 0 Å². The summed E-state index contributed by atoms with van der Waals surface area (Å²) in [5, 5.41) is 0. The standard InChI is InChI=1S/C23H44NO4/c1-3-5-6-7-8-9-10-11-12-13-15-22(4-2)28-23(25)27-19-14-16-24-17-20-26-21-18-24/h22H,2-21H2,1H3. The zero-order chi connectivity index (χ0) is 20.3. The smallest absolute Gasteiger partial charge is 0.434 e. The number of morpholine rings is 1. The Bertz CT molecular complexity index is 359. The number of carbonyl (C=O) groups is 1. The van der Waals surface area contributed by atoms with Crippen molar-refractivity contribution in [2.24, 2.45) is 0 Å². The summed E-state index contributed by atoms with van der Waals surface area (Å²) in [6, 6.07) is 0. The second-order valence-electron chi connectivity index (χ2n) is 7.91. The molecule has 1 aliphatic heterocycles. The van der Waals surface area contributed by atoms with E-state index in [0.717, 1.165) is 52.1 Å². The number of ether oxygens (including phenoxy) is 3. The summed E-state index contributed by atoms with van der Waals surface area (Å²) < 4.78 is 16.0. The molecule has 0 saturated carbocycles. The molecule has 1 aliphatic rings. The van der Waals surface area contributed by atoms with Gasteiger partial charge < -0.3 is 14.2 Å². The third-order valence-electron chi connectivity index (χ3n) is 5.41. The molecule has 1 radical (unpaired) electrons. The number of hydrogen-bond donors (Lipinski definition) is 0. The van der Waals surface area contributed by atoms with Crippen molar-refractivity contribution < 1.29 is 19.0 Å². The molecule has 165 valence electrons. The molecule has 1 rings (SSSR count). The molecule has 5 heteroatoms. The molecule has 0 aromatic carbocycles. The lowest BCUT2D eigenvalue weighted by atomic mass is 10.0. The highest BCUT2D eigenvalue weighted by molar-refractivity contribution is 5.60. The lowest BCUT2D eigenvalue weighted by Crippen LogP contribution is -2.37. The predicted octanol–water partition coefficient (Wildman–Crippen LogP) is 5.77. The number of rotatable bonds is 17. The normalized spacial score (nSPS) is 16.1. The first kappa shape index (κ1) is 25.2. The van der Waals surface area contributed by atoms with Gasteiger partial charge in [0.2, 0.25) is 0 Å². The van der Waals surface area contributed by atoms with Crippen molar-refractivity contribution in [3.63, 3.8) is 0 Å². The number of hydrogen-bond acceptors (Lipinski definition) is 5. The first-order valence-electron chi connectivity index (χ1n) is 11.7. The highest BCUT2D eigenvalue weighted by atomic mass is 16.7. The molecule has 0 amide bonds. The Kier molecular flexibility index (Phi) is 16.4. The van der Waals surface area contributed by atoms with E-state index >= 15 is 0 Å². The average molecular weight is 399 g/mol. The van der Waals surface area contributed by atoms with E-state index in [1.165, 1.54) is 57.8 Å². The monoisotopic (exact) mass is 398 g/mol. The van der Waals surface area contributed by atoms with E-state index in [2.05, 4.69) is 18.7 Å². The van der Waals surface area contributed by atoms with E-state index < -0.39 is 6.16 Å². The lowest BCUT2D eigenvalue weighted by Gasteiger charge is -2.26. The molecule has 0 aromatic heterocycles. The maximum absolute atomic E-state index is 11.8. The molecule has 0 spiro atoms. The number of nitrogens with zero attached hydrogens (tertiary/aromatic N) is 1. The van der Waals surface area contributed by atoms with Crippen LogP contribution in [0.15, 0.2) is 0 Å². The van der Waals surface area contributed by atoms with Crippen molar-refractivity contribution in [1.82, 2.24) is 4.90 Å². The molecule has 1 saturated heterocycles. The Hall–Kier alpha value is -0.810. The molecule has 1 atom stereocenters. The Balaban J connectivity index is 1.93. The molecule has 0 aliphatic carbocycles. The van der Waals surface area contributed by atoms with Gasteiger partial charge in [-0.3, -0.25) is 4.90 Å². The molecule has 5 nitrogen and oxygen atoms in total. The molecule has 0 N–H and O–H groups in total. The predicted molar refractivity (Wildman–Crippen MR) is 115 cm³/mol. The maximum Gasteiger partial charge on any atom is 0.508 e. The number of unbranched alkanes of at least 4 members (excludes halogenated alkanes) is 9. The van der Waals surface area contributed by atoms with Crippen molar-refractivity contribution in [2.45, 2.75) is 96.5 Å². The fraction of sp³-hybridized carbons (Fsp3) is 0.913. The van der Waals surface area contributed by atoms with Gasteiger partial charge >= 0.3 is 6.16 Å². The highest BCUT2D eigenvalue weighted by Crippen LogP contribution is 2.14. The first-order valence-corrected chi connectivity index (χ1v) is 11.7. The van der Waals surface area contributed by atoms with Crippen LogP contribution in [0.1, 0.15) is 90.4 Å². The van der Waals surface area contributed by atoms with Gasteiger partial charge in [-0.05, 0) is 32.6 Å². The van der Waals surface area contributed by atoms with Crippen LogP contribution in [0.5, 0.6) is 0 Å². The third kappa shape index (κ3) is 14.2. The van der Waals surface area contributed by atoms with E-state index in [-0.39, 0.29) is 6.10 Å². The van der Waals surface area contributed by atoms with E-state index in [0.29, 0.717) is 13.0 Å². The van der Waals surface area contributed by atoms with Gasteiger partial charge in [0, 0.05) is 19.6 Å². The Labute approximate surface area is 173 Å². The van der Waals surface area contributed by atoms with Gasteiger partial charge in [-0.25, -0.2) is 4.79 Å². The van der Waals surface area contributed by atoms with Gasteiger partial charge in [0.15, 0.2) is 0 Å². The van der Waals surface area contributed by atoms with Crippen LogP contribution in [0.25, 0.3) is 0 Å². The van der Waals surface area contributed by atoms with Gasteiger partial charge in [0.05, 0.1) is 19.8 Å². The van der Waals surface area contributed by atoms with Crippen molar-refractivity contribution >= 4 is 6.16 Å². The van der Waals surface area contributed by atoms with E-state index in [1.54, 1.807) is 0 Å². The van der Waals surface area contributed by atoms with Gasteiger partial charge in [-0.2, -0.15) is 0 Å². The molecule has 1 unspecified atom stereocenters. The zero-order valence-electron chi connectivity index (χ0n) is 18.3. The minimum Gasteiger partial charge on any atom is -0.434 e. The molecule has 0 aromatic rings. The molecule has 1 heterocycles. The van der Waals surface area contributed by atoms with Crippen LogP contribution in [0.4, 0.5) is 4.79 Å². The SMILES string of the molecule is [CH2]CC(CCCCCCCCCCCC)OC(=O)OCCCN1CCOCC1. The quantitative estimate of drug-likeness (QED) is 0.230. The van der Waals surface area contributed by atoms with Crippen molar-refractivity contribution in [1.29, 1.82) is 0 Å². The zero-order valence-corrected chi connectivity index (χ0v) is 18.3. The Morgan fingerprint density at radius 1 is 0.964 bits per heavy atom. The number of carbonyl (C=O) groups excluding carboxylic acids is 1. The summed E-state index contributed by atoms with van der Waals surface area (Å²) in [6.07, 6.45) is 14.8. The molecule has 0 bridgehead atoms. The summed E-state index contributed by atoms with van der Waals surface area (Å²) >= 11 is 0. The van der Waals surface area contributed by atoms with Gasteiger partial charge in [0.25, 0.3) is 0 Å². The highest BCUT2D eigenvalue weighted by Gasteiger charge is 2.14. The maximum atomic E-state index is 11.8. The van der Waals surface area contributed by atoms with Crippen LogP contribution in [0, 0.1) is 6.92 Å². The van der Waals surface area contributed by atoms with Crippen LogP contribution in [0.3, 0.4) is 0 Å². The van der Waals surface area contributed by atoms with Crippen molar-refractivity contribution in [3.05, 3.63) is 6.92 Å². The third-order valence-corrected chi connectivity index (χ3v) is 5.41. The Morgan fingerprint density at radius 2 is 1.57 bits per heavy atom. The fourth-order valence-electron chi connectivity index (χ4n) is 3.56. The van der Waals surface area contributed by atoms with Gasteiger partial charge in [0.1, 0.15) is 6.10 Å². The molecule has 28 heavy (non-hydrogen) atoms. The molecular weight excluding hydrogens is 354 g/mol. The summed E-state index contributed by atoms with van der Waals surface area (Å²) in [5.74, 6) is 0. The van der Waals surface area contributed by atoms with Crippen LogP contribution in [0.2, 0.25) is 0 Å². The summed E-state index contributed by atoms with van der Waals surface area (Å²) in [5.41, 5.74) is 0. The van der Waals surface area contributed by atoms with E-state index in [1.807, 2.05) is 0 Å². The topological polar surface area (TPSA) is 48.0 Å². The van der Waals surface area contributed by atoms with Crippen LogP contribution in [-0.4, -0.2) is 56.6 Å². The Morgan fingerprint density at radius 3 is 2.18 bits per heavy atom. The second kappa shape index (κ2) is 18.2. The van der Waals surface area contributed by atoms with Crippen molar-refractivity contribution in [3.8, 4) is 0 Å². The average Bonchev–Trinajstić information content (AvgIpc) is 2.72. The fourth-order valence-corrected chi connectivity index (χ4v) is 3.56. The minimum atomic E-state index is -0.539. The summed E-state index contributed by atoms with van der Waals surface area (Å²) in [6.45, 7) is 11.0. The summed E-state index contributed by atoms with van der Waals surface area (Å²) in [7, 11) is 0. The second-order valence-corrected chi connectivity index (χ2v) is 7.91. The minimum absolute atomic E-state index is 0.110. The summed E-state index contributed by atoms with van der Waals surface area (Å²) in [4.78, 5) is 14.2. The van der Waals surface area contributed by atoms with E-state index in [9.17, 15) is 4.79 Å². The first-order chi connectivity index (χ1) is 13.8. The molecule has 1 fully saturated rings. The molecular formula is C23H44NO4. The van der Waals surface area contributed by atoms with Crippen LogP contribution < -0.4 is 0 Å². The van der Waals surface area contributed by atoms with Crippen molar-refractivity contribution in [2.75, 3.05) is 39.5 Å². The van der Waals surface area contributed by atoms with Gasteiger partial charge in [-0.15, -0.1) is 0 Å².